The number of piperazine rings is 1. The van der Waals surface area contributed by atoms with Crippen LogP contribution in [0.15, 0.2) is 29.2 Å². The highest BCUT2D eigenvalue weighted by Crippen LogP contribution is 2.19. The van der Waals surface area contributed by atoms with Gasteiger partial charge in [0.05, 0.1) is 16.2 Å². The first-order chi connectivity index (χ1) is 9.06. The molecule has 0 atom stereocenters. The molecule has 0 saturated carbocycles. The first-order valence-corrected chi connectivity index (χ1v) is 8.03. The zero-order valence-electron chi connectivity index (χ0n) is 11.3. The quantitative estimate of drug-likeness (QED) is 0.901. The smallest absolute Gasteiger partial charge is 0.255 e. The van der Waals surface area contributed by atoms with Crippen LogP contribution in [0.25, 0.3) is 0 Å². The van der Waals surface area contributed by atoms with E-state index in [0.717, 1.165) is 13.1 Å². The summed E-state index contributed by atoms with van der Waals surface area (Å²) in [5.74, 6) is -0.201. The van der Waals surface area contributed by atoms with Gasteiger partial charge in [-0.05, 0) is 12.1 Å². The fourth-order valence-electron chi connectivity index (χ4n) is 2.11. The van der Waals surface area contributed by atoms with Gasteiger partial charge < -0.3 is 10.2 Å². The fourth-order valence-corrected chi connectivity index (χ4v) is 3.20. The monoisotopic (exact) mass is 318 g/mol. The second-order valence-electron chi connectivity index (χ2n) is 4.44. The Hall–Kier alpha value is -1.11. The van der Waals surface area contributed by atoms with Crippen molar-refractivity contribution in [3.63, 3.8) is 0 Å². The van der Waals surface area contributed by atoms with Crippen molar-refractivity contribution in [2.45, 2.75) is 11.8 Å². The van der Waals surface area contributed by atoms with Crippen LogP contribution in [-0.2, 0) is 9.84 Å². The fraction of sp³-hybridized carbons (Fsp3) is 0.462. The summed E-state index contributed by atoms with van der Waals surface area (Å²) < 4.78 is 24.1. The Morgan fingerprint density at radius 3 is 2.45 bits per heavy atom. The van der Waals surface area contributed by atoms with E-state index < -0.39 is 9.84 Å². The van der Waals surface area contributed by atoms with Gasteiger partial charge in [0.1, 0.15) is 0 Å². The summed E-state index contributed by atoms with van der Waals surface area (Å²) in [6, 6.07) is 6.45. The van der Waals surface area contributed by atoms with E-state index in [-0.39, 0.29) is 34.5 Å². The van der Waals surface area contributed by atoms with Gasteiger partial charge in [0.15, 0.2) is 9.84 Å². The van der Waals surface area contributed by atoms with E-state index in [0.29, 0.717) is 13.1 Å². The summed E-state index contributed by atoms with van der Waals surface area (Å²) in [5.41, 5.74) is 0.284. The van der Waals surface area contributed by atoms with Crippen LogP contribution in [0.2, 0.25) is 0 Å². The van der Waals surface area contributed by atoms with Gasteiger partial charge in [0, 0.05) is 26.2 Å². The molecule has 0 radical (unpaired) electrons. The van der Waals surface area contributed by atoms with Gasteiger partial charge in [-0.15, -0.1) is 12.4 Å². The molecule has 1 heterocycles. The largest absolute Gasteiger partial charge is 0.336 e. The molecule has 0 unspecified atom stereocenters. The molecular formula is C13H19ClN2O3S. The highest BCUT2D eigenvalue weighted by Gasteiger charge is 2.24. The van der Waals surface area contributed by atoms with Crippen molar-refractivity contribution in [3.8, 4) is 0 Å². The first kappa shape index (κ1) is 16.9. The maximum Gasteiger partial charge on any atom is 0.255 e. The minimum Gasteiger partial charge on any atom is -0.336 e. The number of halogens is 1. The molecule has 0 aromatic heterocycles. The number of rotatable bonds is 3. The van der Waals surface area contributed by atoms with E-state index in [2.05, 4.69) is 5.32 Å². The molecule has 1 aromatic carbocycles. The van der Waals surface area contributed by atoms with Crippen LogP contribution in [0.5, 0.6) is 0 Å². The number of hydrogen-bond donors (Lipinski definition) is 1. The lowest BCUT2D eigenvalue weighted by Gasteiger charge is -2.28. The van der Waals surface area contributed by atoms with Gasteiger partial charge in [-0.25, -0.2) is 8.42 Å². The third kappa shape index (κ3) is 3.50. The number of amides is 1. The molecule has 1 fully saturated rings. The van der Waals surface area contributed by atoms with Gasteiger partial charge in [-0.2, -0.15) is 0 Å². The van der Waals surface area contributed by atoms with Gasteiger partial charge >= 0.3 is 0 Å². The third-order valence-corrected chi connectivity index (χ3v) is 5.02. The maximum absolute atomic E-state index is 12.4. The second-order valence-corrected chi connectivity index (χ2v) is 6.69. The van der Waals surface area contributed by atoms with Crippen LogP contribution in [0.4, 0.5) is 0 Å². The predicted molar refractivity (Wildman–Crippen MR) is 80.2 cm³/mol. The lowest BCUT2D eigenvalue weighted by molar-refractivity contribution is 0.0732. The van der Waals surface area contributed by atoms with Crippen LogP contribution >= 0.6 is 12.4 Å². The van der Waals surface area contributed by atoms with E-state index in [1.54, 1.807) is 30.0 Å². The minimum absolute atomic E-state index is 0. The summed E-state index contributed by atoms with van der Waals surface area (Å²) in [4.78, 5) is 14.3. The molecule has 1 aliphatic heterocycles. The molecule has 112 valence electrons. The summed E-state index contributed by atoms with van der Waals surface area (Å²) in [7, 11) is -3.38. The van der Waals surface area contributed by atoms with E-state index in [9.17, 15) is 13.2 Å². The molecule has 1 aliphatic rings. The molecule has 7 heteroatoms. The van der Waals surface area contributed by atoms with Crippen LogP contribution < -0.4 is 5.32 Å². The molecule has 2 rings (SSSR count). The van der Waals surface area contributed by atoms with Crippen molar-refractivity contribution in [2.75, 3.05) is 31.9 Å². The Labute approximate surface area is 125 Å². The molecule has 0 aliphatic carbocycles. The predicted octanol–water partition coefficient (Wildman–Crippen LogP) is 0.947. The Bertz CT molecular complexity index is 569. The van der Waals surface area contributed by atoms with Gasteiger partial charge in [-0.3, -0.25) is 4.79 Å². The van der Waals surface area contributed by atoms with Gasteiger partial charge in [-0.1, -0.05) is 19.1 Å². The van der Waals surface area contributed by atoms with Crippen molar-refractivity contribution in [1.82, 2.24) is 10.2 Å². The van der Waals surface area contributed by atoms with E-state index >= 15 is 0 Å². The number of nitrogens with zero attached hydrogens (tertiary/aromatic N) is 1. The average molecular weight is 319 g/mol. The summed E-state index contributed by atoms with van der Waals surface area (Å²) in [5, 5.41) is 3.16. The van der Waals surface area contributed by atoms with Gasteiger partial charge in [0.25, 0.3) is 5.91 Å². The van der Waals surface area contributed by atoms with Crippen molar-refractivity contribution < 1.29 is 13.2 Å². The molecule has 5 nitrogen and oxygen atoms in total. The van der Waals surface area contributed by atoms with Crippen molar-refractivity contribution in [2.24, 2.45) is 0 Å². The number of hydrogen-bond acceptors (Lipinski definition) is 4. The van der Waals surface area contributed by atoms with Crippen LogP contribution in [0.1, 0.15) is 17.3 Å². The Balaban J connectivity index is 0.00000200. The number of benzene rings is 1. The van der Waals surface area contributed by atoms with E-state index in [1.807, 2.05) is 0 Å². The molecular weight excluding hydrogens is 300 g/mol. The lowest BCUT2D eigenvalue weighted by Crippen LogP contribution is -2.46. The second kappa shape index (κ2) is 7.06. The van der Waals surface area contributed by atoms with Gasteiger partial charge in [0.2, 0.25) is 0 Å². The van der Waals surface area contributed by atoms with Crippen LogP contribution in [-0.4, -0.2) is 51.2 Å². The number of nitrogens with one attached hydrogen (secondary N) is 1. The molecule has 20 heavy (non-hydrogen) atoms. The normalized spacial score (nSPS) is 15.6. The van der Waals surface area contributed by atoms with E-state index in [1.165, 1.54) is 6.07 Å². The molecule has 1 saturated heterocycles. The topological polar surface area (TPSA) is 66.5 Å². The molecule has 1 aromatic rings. The number of sulfone groups is 1. The molecule has 1 N–H and O–H groups in total. The molecule has 0 bridgehead atoms. The minimum atomic E-state index is -3.38. The molecule has 1 amide bonds. The van der Waals surface area contributed by atoms with Crippen LogP contribution in [0.3, 0.4) is 0 Å². The highest BCUT2D eigenvalue weighted by molar-refractivity contribution is 7.91. The highest BCUT2D eigenvalue weighted by atomic mass is 35.5. The number of carbonyl (C=O) groups excluding carboxylic acids is 1. The lowest BCUT2D eigenvalue weighted by atomic mass is 10.2. The maximum atomic E-state index is 12.4. The summed E-state index contributed by atoms with van der Waals surface area (Å²) in [6.45, 7) is 4.29. The first-order valence-electron chi connectivity index (χ1n) is 6.38. The Kier molecular flexibility index (Phi) is 5.98. The standard InChI is InChI=1S/C13H18N2O3S.ClH/c1-2-19(17,18)12-6-4-3-5-11(12)13(16)15-9-7-14-8-10-15;/h3-6,14H,2,7-10H2,1H3;1H. The third-order valence-electron chi connectivity index (χ3n) is 3.24. The van der Waals surface area contributed by atoms with E-state index in [4.69, 9.17) is 0 Å². The number of carbonyl (C=O) groups is 1. The van der Waals surface area contributed by atoms with Crippen molar-refractivity contribution in [1.29, 1.82) is 0 Å². The zero-order valence-corrected chi connectivity index (χ0v) is 13.0. The zero-order chi connectivity index (χ0) is 13.9. The molecule has 0 spiro atoms. The summed E-state index contributed by atoms with van der Waals surface area (Å²) in [6.07, 6.45) is 0. The van der Waals surface area contributed by atoms with Crippen LogP contribution in [0, 0.1) is 0 Å². The summed E-state index contributed by atoms with van der Waals surface area (Å²) >= 11 is 0. The van der Waals surface area contributed by atoms with Crippen molar-refractivity contribution >= 4 is 28.2 Å². The SMILES string of the molecule is CCS(=O)(=O)c1ccccc1C(=O)N1CCNCC1.Cl. The Morgan fingerprint density at radius 2 is 1.85 bits per heavy atom. The average Bonchev–Trinajstić information content (AvgIpc) is 2.47. The Morgan fingerprint density at radius 1 is 1.25 bits per heavy atom. The van der Waals surface area contributed by atoms with Crippen molar-refractivity contribution in [3.05, 3.63) is 29.8 Å².